The number of carbonyl (C=O) groups excluding carboxylic acids is 3. The highest BCUT2D eigenvalue weighted by atomic mass is 79.9. The van der Waals surface area contributed by atoms with Gasteiger partial charge in [0.15, 0.2) is 11.5 Å². The van der Waals surface area contributed by atoms with Gasteiger partial charge in [0.25, 0.3) is 11.8 Å². The third kappa shape index (κ3) is 5.13. The van der Waals surface area contributed by atoms with Crippen LogP contribution in [-0.2, 0) is 19.7 Å². The van der Waals surface area contributed by atoms with Crippen molar-refractivity contribution in [2.45, 2.75) is 4.90 Å². The number of nitrogens with zero attached hydrogens (tertiary/aromatic N) is 1. The maximum absolute atomic E-state index is 13.1. The van der Waals surface area contributed by atoms with Crippen molar-refractivity contribution in [3.8, 4) is 11.5 Å². The molecule has 0 aromatic heterocycles. The molecule has 0 spiro atoms. The lowest BCUT2D eigenvalue weighted by Crippen LogP contribution is -2.54. The molecule has 1 aliphatic heterocycles. The summed E-state index contributed by atoms with van der Waals surface area (Å²) in [6.07, 6.45) is 1.24. The topological polar surface area (TPSA) is 119 Å². The fourth-order valence-electron chi connectivity index (χ4n) is 3.32. The Kier molecular flexibility index (Phi) is 7.16. The molecule has 1 heterocycles. The summed E-state index contributed by atoms with van der Waals surface area (Å²) in [7, 11) is -2.87. The lowest BCUT2D eigenvalue weighted by molar-refractivity contribution is -0.122. The molecule has 12 heteroatoms. The maximum Gasteiger partial charge on any atom is 0.339 e. The first kappa shape index (κ1) is 25.4. The van der Waals surface area contributed by atoms with Gasteiger partial charge in [0.2, 0.25) is 0 Å². The molecule has 36 heavy (non-hydrogen) atoms. The first-order chi connectivity index (χ1) is 17.1. The number of imide groups is 2. The average molecular weight is 592 g/mol. The third-order valence-electron chi connectivity index (χ3n) is 4.96. The number of halogens is 2. The third-order valence-corrected chi connectivity index (χ3v) is 7.02. The number of carbonyl (C=O) groups is 3. The van der Waals surface area contributed by atoms with E-state index in [0.29, 0.717) is 10.6 Å². The van der Waals surface area contributed by atoms with Crippen LogP contribution in [0, 0.1) is 0 Å². The molecule has 4 amide bonds. The van der Waals surface area contributed by atoms with Gasteiger partial charge in [0, 0.05) is 5.02 Å². The molecule has 0 atom stereocenters. The zero-order valence-electron chi connectivity index (χ0n) is 18.4. The number of anilines is 1. The molecule has 0 radical (unpaired) electrons. The Bertz CT molecular complexity index is 1520. The Morgan fingerprint density at radius 1 is 1.00 bits per heavy atom. The predicted octanol–water partition coefficient (Wildman–Crippen LogP) is 4.55. The predicted molar refractivity (Wildman–Crippen MR) is 135 cm³/mol. The minimum absolute atomic E-state index is 0.0159. The standard InChI is InChI=1S/C24H16BrClN2O7S/c1-34-20-12-14(11-19(25)21(20)35-36(32,33)17-8-3-2-4-9-17)10-18-22(29)27-24(31)28(23(18)30)16-7-5-6-15(26)13-16/h2-13H,1H3,(H,27,29,31)/b18-10+. The number of methoxy groups -OCH3 is 1. The largest absolute Gasteiger partial charge is 0.493 e. The van der Waals surface area contributed by atoms with Crippen molar-refractivity contribution < 1.29 is 31.7 Å². The summed E-state index contributed by atoms with van der Waals surface area (Å²) in [4.78, 5) is 38.7. The first-order valence-corrected chi connectivity index (χ1v) is 12.7. The van der Waals surface area contributed by atoms with Gasteiger partial charge in [0.05, 0.1) is 17.3 Å². The van der Waals surface area contributed by atoms with Gasteiger partial charge in [0.1, 0.15) is 10.5 Å². The Hall–Kier alpha value is -3.67. The molecule has 9 nitrogen and oxygen atoms in total. The number of hydrogen-bond donors (Lipinski definition) is 1. The Labute approximate surface area is 219 Å². The molecule has 1 N–H and O–H groups in total. The van der Waals surface area contributed by atoms with Crippen LogP contribution in [0.4, 0.5) is 10.5 Å². The van der Waals surface area contributed by atoms with Gasteiger partial charge in [-0.15, -0.1) is 0 Å². The number of nitrogens with one attached hydrogen (secondary N) is 1. The Balaban J connectivity index is 1.71. The van der Waals surface area contributed by atoms with Crippen LogP contribution in [0.3, 0.4) is 0 Å². The van der Waals surface area contributed by atoms with Gasteiger partial charge in [-0.2, -0.15) is 8.42 Å². The van der Waals surface area contributed by atoms with Crippen LogP contribution in [0.25, 0.3) is 6.08 Å². The van der Waals surface area contributed by atoms with E-state index in [1.54, 1.807) is 30.3 Å². The quantitative estimate of drug-likeness (QED) is 0.254. The van der Waals surface area contributed by atoms with Gasteiger partial charge in [-0.25, -0.2) is 9.69 Å². The highest BCUT2D eigenvalue weighted by molar-refractivity contribution is 9.10. The second kappa shape index (κ2) is 10.1. The monoisotopic (exact) mass is 590 g/mol. The number of rotatable bonds is 6. The van der Waals surface area contributed by atoms with Crippen LogP contribution in [0.2, 0.25) is 5.02 Å². The molecule has 0 unspecified atom stereocenters. The van der Waals surface area contributed by atoms with Crippen molar-refractivity contribution in [1.29, 1.82) is 0 Å². The molecule has 0 saturated carbocycles. The van der Waals surface area contributed by atoms with Gasteiger partial charge >= 0.3 is 16.1 Å². The number of ether oxygens (including phenoxy) is 1. The van der Waals surface area contributed by atoms with Gasteiger partial charge in [-0.1, -0.05) is 35.9 Å². The second-order valence-corrected chi connectivity index (χ2v) is 10.2. The highest BCUT2D eigenvalue weighted by Crippen LogP contribution is 2.39. The molecule has 3 aromatic carbocycles. The zero-order valence-corrected chi connectivity index (χ0v) is 21.6. The molecular weight excluding hydrogens is 576 g/mol. The minimum Gasteiger partial charge on any atom is -0.493 e. The van der Waals surface area contributed by atoms with Crippen molar-refractivity contribution in [2.24, 2.45) is 0 Å². The summed E-state index contributed by atoms with van der Waals surface area (Å²) < 4.78 is 36.1. The molecule has 1 fully saturated rings. The molecule has 4 rings (SSSR count). The summed E-state index contributed by atoms with van der Waals surface area (Å²) in [5.41, 5.74) is 0.133. The fourth-order valence-corrected chi connectivity index (χ4v) is 5.13. The molecule has 184 valence electrons. The normalized spacial score (nSPS) is 15.1. The van der Waals surface area contributed by atoms with Crippen molar-refractivity contribution in [2.75, 3.05) is 12.0 Å². The number of hydrogen-bond acceptors (Lipinski definition) is 7. The summed E-state index contributed by atoms with van der Waals surface area (Å²) in [6.45, 7) is 0. The first-order valence-electron chi connectivity index (χ1n) is 10.1. The second-order valence-electron chi connectivity index (χ2n) is 7.32. The summed E-state index contributed by atoms with van der Waals surface area (Å²) in [5.74, 6) is -1.88. The van der Waals surface area contributed by atoms with Crippen LogP contribution < -0.4 is 19.1 Å². The van der Waals surface area contributed by atoms with Gasteiger partial charge in [-0.05, 0) is 70.0 Å². The maximum atomic E-state index is 13.1. The van der Waals surface area contributed by atoms with E-state index in [0.717, 1.165) is 4.90 Å². The van der Waals surface area contributed by atoms with Crippen molar-refractivity contribution in [3.63, 3.8) is 0 Å². The zero-order chi connectivity index (χ0) is 26.0. The van der Waals surface area contributed by atoms with Gasteiger partial charge in [-0.3, -0.25) is 14.9 Å². The minimum atomic E-state index is -4.17. The van der Waals surface area contributed by atoms with E-state index in [1.807, 2.05) is 0 Å². The number of urea groups is 1. The van der Waals surface area contributed by atoms with E-state index in [1.165, 1.54) is 49.6 Å². The molecule has 1 aliphatic rings. The fraction of sp³-hybridized carbons (Fsp3) is 0.0417. The van der Waals surface area contributed by atoms with Crippen LogP contribution in [-0.4, -0.2) is 33.4 Å². The van der Waals surface area contributed by atoms with E-state index >= 15 is 0 Å². The van der Waals surface area contributed by atoms with Crippen LogP contribution in [0.15, 0.2) is 81.7 Å². The van der Waals surface area contributed by atoms with Crippen LogP contribution >= 0.6 is 27.5 Å². The molecule has 0 aliphatic carbocycles. The van der Waals surface area contributed by atoms with Crippen molar-refractivity contribution in [3.05, 3.63) is 87.4 Å². The lowest BCUT2D eigenvalue weighted by Gasteiger charge is -2.26. The van der Waals surface area contributed by atoms with Gasteiger partial charge < -0.3 is 8.92 Å². The van der Waals surface area contributed by atoms with E-state index in [9.17, 15) is 22.8 Å². The number of benzene rings is 3. The van der Waals surface area contributed by atoms with Crippen LogP contribution in [0.5, 0.6) is 11.5 Å². The van der Waals surface area contributed by atoms with E-state index < -0.39 is 28.0 Å². The average Bonchev–Trinajstić information content (AvgIpc) is 2.83. The number of barbiturate groups is 1. The van der Waals surface area contributed by atoms with Crippen LogP contribution in [0.1, 0.15) is 5.56 Å². The molecule has 0 bridgehead atoms. The highest BCUT2D eigenvalue weighted by Gasteiger charge is 2.37. The smallest absolute Gasteiger partial charge is 0.339 e. The van der Waals surface area contributed by atoms with E-state index in [-0.39, 0.29) is 32.1 Å². The Morgan fingerprint density at radius 3 is 2.39 bits per heavy atom. The van der Waals surface area contributed by atoms with E-state index in [4.69, 9.17) is 20.5 Å². The Morgan fingerprint density at radius 2 is 1.72 bits per heavy atom. The molecule has 1 saturated heterocycles. The molecule has 3 aromatic rings. The lowest BCUT2D eigenvalue weighted by atomic mass is 10.1. The number of amides is 4. The summed E-state index contributed by atoms with van der Waals surface area (Å²) >= 11 is 9.24. The van der Waals surface area contributed by atoms with Crippen molar-refractivity contribution in [1.82, 2.24) is 5.32 Å². The van der Waals surface area contributed by atoms with E-state index in [2.05, 4.69) is 21.2 Å². The van der Waals surface area contributed by atoms with Crippen molar-refractivity contribution >= 4 is 67.3 Å². The SMILES string of the molecule is COc1cc(/C=C2\C(=O)NC(=O)N(c3cccc(Cl)c3)C2=O)cc(Br)c1OS(=O)(=O)c1ccccc1. The summed E-state index contributed by atoms with van der Waals surface area (Å²) in [6, 6.07) is 15.5. The molecular formula is C24H16BrClN2O7S. The summed E-state index contributed by atoms with van der Waals surface area (Å²) in [5, 5.41) is 2.42.